The van der Waals surface area contributed by atoms with E-state index < -0.39 is 6.23 Å². The van der Waals surface area contributed by atoms with Gasteiger partial charge in [-0.2, -0.15) is 0 Å². The molecule has 2 nitrogen and oxygen atoms in total. The summed E-state index contributed by atoms with van der Waals surface area (Å²) in [5.74, 6) is 0.233. The summed E-state index contributed by atoms with van der Waals surface area (Å²) in [6.45, 7) is 8.22. The minimum Gasteiger partial charge on any atom is -0.373 e. The van der Waals surface area contributed by atoms with Crippen molar-refractivity contribution in [3.8, 4) is 0 Å². The van der Waals surface area contributed by atoms with Crippen LogP contribution in [0.2, 0.25) is 0 Å². The lowest BCUT2D eigenvalue weighted by molar-refractivity contribution is 0.0147. The molecule has 0 rings (SSSR count). The Bertz CT molecular complexity index is 216. The Balaban J connectivity index is 4.20. The van der Waals surface area contributed by atoms with Crippen molar-refractivity contribution in [1.82, 2.24) is 4.90 Å². The molecule has 0 aromatic carbocycles. The van der Waals surface area contributed by atoms with Crippen molar-refractivity contribution in [2.45, 2.75) is 58.6 Å². The minimum absolute atomic E-state index is 0.214. The normalized spacial score (nSPS) is 16.4. The number of aliphatic hydroxyl groups excluding tert-OH is 1. The summed E-state index contributed by atoms with van der Waals surface area (Å²) in [6, 6.07) is 0. The van der Waals surface area contributed by atoms with Crippen LogP contribution in [0.1, 0.15) is 47.0 Å². The third kappa shape index (κ3) is 6.39. The van der Waals surface area contributed by atoms with Crippen molar-refractivity contribution in [2.24, 2.45) is 5.92 Å². The molecule has 0 saturated carbocycles. The lowest BCUT2D eigenvalue weighted by Gasteiger charge is -2.26. The second-order valence-corrected chi connectivity index (χ2v) is 5.51. The van der Waals surface area contributed by atoms with Gasteiger partial charge in [0.2, 0.25) is 0 Å². The van der Waals surface area contributed by atoms with E-state index in [0.29, 0.717) is 0 Å². The number of hydrogen-bond acceptors (Lipinski definition) is 2. The molecule has 0 amide bonds. The highest BCUT2D eigenvalue weighted by Crippen LogP contribution is 2.17. The van der Waals surface area contributed by atoms with E-state index in [1.807, 2.05) is 32.0 Å². The molecule has 0 fully saturated rings. The molecule has 0 aromatic heterocycles. The second kappa shape index (κ2) is 7.97. The lowest BCUT2D eigenvalue weighted by Crippen LogP contribution is -2.31. The number of rotatable bonds is 7. The number of halogens is 1. The zero-order chi connectivity index (χ0) is 12.7. The van der Waals surface area contributed by atoms with Crippen molar-refractivity contribution in [3.63, 3.8) is 0 Å². The molecule has 0 saturated heterocycles. The van der Waals surface area contributed by atoms with Gasteiger partial charge in [-0.25, -0.2) is 0 Å². The van der Waals surface area contributed by atoms with Gasteiger partial charge in [-0.15, -0.1) is 11.6 Å². The number of allylic oxidation sites excluding steroid dienone is 1. The van der Waals surface area contributed by atoms with Crippen LogP contribution in [0.4, 0.5) is 0 Å². The number of alkyl halides is 1. The molecule has 16 heavy (non-hydrogen) atoms. The van der Waals surface area contributed by atoms with Gasteiger partial charge < -0.3 is 10.0 Å². The van der Waals surface area contributed by atoms with Gasteiger partial charge in [0.15, 0.2) is 0 Å². The first-order valence-corrected chi connectivity index (χ1v) is 6.53. The molecule has 0 aromatic rings. The molecule has 0 heterocycles. The van der Waals surface area contributed by atoms with Gasteiger partial charge in [-0.05, 0) is 25.7 Å². The van der Waals surface area contributed by atoms with Gasteiger partial charge in [-0.3, -0.25) is 0 Å². The fraction of sp³-hybridized carbons (Fsp3) is 0.846. The number of hydrogen-bond donors (Lipinski definition) is 1. The van der Waals surface area contributed by atoms with Crippen molar-refractivity contribution in [1.29, 1.82) is 0 Å². The molecule has 0 bridgehead atoms. The first kappa shape index (κ1) is 15.8. The van der Waals surface area contributed by atoms with Crippen LogP contribution >= 0.6 is 11.6 Å². The molecule has 0 radical (unpaired) electrons. The van der Waals surface area contributed by atoms with E-state index in [0.717, 1.165) is 19.3 Å². The van der Waals surface area contributed by atoms with E-state index in [1.54, 1.807) is 0 Å². The van der Waals surface area contributed by atoms with E-state index in [-0.39, 0.29) is 11.3 Å². The largest absolute Gasteiger partial charge is 0.373 e. The van der Waals surface area contributed by atoms with Crippen LogP contribution in [0, 0.1) is 5.92 Å². The summed E-state index contributed by atoms with van der Waals surface area (Å²) in [7, 11) is 1.90. The number of aliphatic hydroxyl groups is 1. The van der Waals surface area contributed by atoms with Crippen LogP contribution < -0.4 is 0 Å². The zero-order valence-electron chi connectivity index (χ0n) is 11.2. The maximum atomic E-state index is 9.83. The highest BCUT2D eigenvalue weighted by Gasteiger charge is 2.12. The Kier molecular flexibility index (Phi) is 7.86. The second-order valence-electron chi connectivity index (χ2n) is 4.89. The Hall–Kier alpha value is -0.210. The highest BCUT2D eigenvalue weighted by molar-refractivity contribution is 6.20. The third-order valence-corrected chi connectivity index (χ3v) is 2.96. The molecular weight excluding hydrogens is 222 g/mol. The van der Waals surface area contributed by atoms with Gasteiger partial charge in [0.05, 0.1) is 0 Å². The van der Waals surface area contributed by atoms with Gasteiger partial charge >= 0.3 is 0 Å². The molecule has 0 unspecified atom stereocenters. The number of nitrogens with zero attached hydrogens (tertiary/aromatic N) is 1. The Morgan fingerprint density at radius 1 is 1.44 bits per heavy atom. The first-order chi connectivity index (χ1) is 7.38. The van der Waals surface area contributed by atoms with Crippen LogP contribution in [-0.4, -0.2) is 28.7 Å². The molecular formula is C13H26ClNO. The summed E-state index contributed by atoms with van der Waals surface area (Å²) in [5.41, 5.74) is 1.22. The molecule has 1 N–H and O–H groups in total. The van der Waals surface area contributed by atoms with Crippen molar-refractivity contribution in [3.05, 3.63) is 11.8 Å². The predicted octanol–water partition coefficient (Wildman–Crippen LogP) is 3.59. The van der Waals surface area contributed by atoms with E-state index in [1.165, 1.54) is 5.57 Å². The topological polar surface area (TPSA) is 23.5 Å². The van der Waals surface area contributed by atoms with Gasteiger partial charge in [-0.1, -0.05) is 32.8 Å². The molecule has 0 aliphatic carbocycles. The average molecular weight is 248 g/mol. The fourth-order valence-electron chi connectivity index (χ4n) is 1.71. The van der Waals surface area contributed by atoms with Crippen molar-refractivity contribution in [2.75, 3.05) is 7.05 Å². The summed E-state index contributed by atoms with van der Waals surface area (Å²) in [6.07, 6.45) is 4.63. The minimum atomic E-state index is -0.421. The van der Waals surface area contributed by atoms with Gasteiger partial charge in [0, 0.05) is 18.6 Å². The highest BCUT2D eigenvalue weighted by atomic mass is 35.5. The molecule has 0 spiro atoms. The molecule has 3 heteroatoms. The quantitative estimate of drug-likeness (QED) is 0.549. The van der Waals surface area contributed by atoms with E-state index >= 15 is 0 Å². The fourth-order valence-corrected chi connectivity index (χ4v) is 2.17. The van der Waals surface area contributed by atoms with Crippen molar-refractivity contribution < 1.29 is 5.11 Å². The van der Waals surface area contributed by atoms with Crippen LogP contribution in [0.3, 0.4) is 0 Å². The standard InChI is InChI=1S/C13H26ClNO/c1-6-7-12(14)8-11(4)9-15(5)13(16)10(2)3/h9-10,12-13,16H,6-8H2,1-5H3/b11-9+/t12-,13+/m1/s1. The monoisotopic (exact) mass is 247 g/mol. The van der Waals surface area contributed by atoms with Crippen LogP contribution in [-0.2, 0) is 0 Å². The van der Waals surface area contributed by atoms with Crippen molar-refractivity contribution >= 4 is 11.6 Å². The summed E-state index contributed by atoms with van der Waals surface area (Å²) >= 11 is 6.18. The SMILES string of the molecule is CCC[C@@H](Cl)C/C(C)=C/N(C)[C@@H](O)C(C)C. The maximum Gasteiger partial charge on any atom is 0.128 e. The predicted molar refractivity (Wildman–Crippen MR) is 71.5 cm³/mol. The summed E-state index contributed by atoms with van der Waals surface area (Å²) in [5, 5.41) is 10.0. The Morgan fingerprint density at radius 2 is 2.00 bits per heavy atom. The van der Waals surface area contributed by atoms with Crippen LogP contribution in [0.15, 0.2) is 11.8 Å². The van der Waals surface area contributed by atoms with Gasteiger partial charge in [0.25, 0.3) is 0 Å². The molecule has 2 atom stereocenters. The zero-order valence-corrected chi connectivity index (χ0v) is 12.0. The summed E-state index contributed by atoms with van der Waals surface area (Å²) in [4.78, 5) is 1.86. The summed E-state index contributed by atoms with van der Waals surface area (Å²) < 4.78 is 0. The molecule has 0 aliphatic rings. The molecule has 0 aliphatic heterocycles. The van der Waals surface area contributed by atoms with E-state index in [9.17, 15) is 5.11 Å². The van der Waals surface area contributed by atoms with Crippen LogP contribution in [0.5, 0.6) is 0 Å². The van der Waals surface area contributed by atoms with Gasteiger partial charge in [0.1, 0.15) is 6.23 Å². The van der Waals surface area contributed by atoms with E-state index in [4.69, 9.17) is 11.6 Å². The maximum absolute atomic E-state index is 9.83. The van der Waals surface area contributed by atoms with E-state index in [2.05, 4.69) is 13.8 Å². The average Bonchev–Trinajstić information content (AvgIpc) is 2.16. The lowest BCUT2D eigenvalue weighted by atomic mass is 10.1. The molecule has 96 valence electrons. The third-order valence-electron chi connectivity index (χ3n) is 2.58. The smallest absolute Gasteiger partial charge is 0.128 e. The first-order valence-electron chi connectivity index (χ1n) is 6.09. The van der Waals surface area contributed by atoms with Crippen LogP contribution in [0.25, 0.3) is 0 Å². The Morgan fingerprint density at radius 3 is 2.44 bits per heavy atom. The Labute approximate surface area is 105 Å².